The molecule has 6 nitrogen and oxygen atoms in total. The average molecular weight is 459 g/mol. The molecule has 0 aliphatic carbocycles. The van der Waals surface area contributed by atoms with Crippen molar-refractivity contribution in [2.45, 2.75) is 13.5 Å². The van der Waals surface area contributed by atoms with E-state index >= 15 is 0 Å². The lowest BCUT2D eigenvalue weighted by atomic mass is 10.1. The Labute approximate surface area is 187 Å². The van der Waals surface area contributed by atoms with Gasteiger partial charge in [-0.25, -0.2) is 8.42 Å². The van der Waals surface area contributed by atoms with Gasteiger partial charge in [-0.05, 0) is 55.0 Å². The number of rotatable bonds is 8. The van der Waals surface area contributed by atoms with E-state index in [1.54, 1.807) is 66.7 Å². The summed E-state index contributed by atoms with van der Waals surface area (Å²) in [6.07, 6.45) is 1.14. The van der Waals surface area contributed by atoms with Crippen LogP contribution < -0.4 is 14.4 Å². The molecule has 0 saturated heterocycles. The first kappa shape index (κ1) is 22.7. The number of benzene rings is 3. The van der Waals surface area contributed by atoms with Crippen LogP contribution in [0.2, 0.25) is 5.02 Å². The number of amides is 1. The van der Waals surface area contributed by atoms with Crippen molar-refractivity contribution < 1.29 is 17.9 Å². The predicted molar refractivity (Wildman–Crippen MR) is 124 cm³/mol. The largest absolute Gasteiger partial charge is 0.494 e. The van der Waals surface area contributed by atoms with Crippen LogP contribution in [0.3, 0.4) is 0 Å². The fraction of sp³-hybridized carbons (Fsp3) is 0.174. The minimum atomic E-state index is -3.53. The van der Waals surface area contributed by atoms with E-state index < -0.39 is 10.0 Å². The molecular weight excluding hydrogens is 436 g/mol. The van der Waals surface area contributed by atoms with Gasteiger partial charge in [0, 0.05) is 22.3 Å². The summed E-state index contributed by atoms with van der Waals surface area (Å²) < 4.78 is 31.3. The number of nitrogens with zero attached hydrogens (tertiary/aromatic N) is 1. The van der Waals surface area contributed by atoms with Gasteiger partial charge < -0.3 is 10.1 Å². The van der Waals surface area contributed by atoms with Gasteiger partial charge in [0.05, 0.1) is 25.1 Å². The Morgan fingerprint density at radius 1 is 1.03 bits per heavy atom. The van der Waals surface area contributed by atoms with Gasteiger partial charge in [0.2, 0.25) is 10.0 Å². The molecule has 0 fully saturated rings. The Balaban J connectivity index is 1.74. The zero-order valence-electron chi connectivity index (χ0n) is 17.2. The smallest absolute Gasteiger partial charge is 0.255 e. The van der Waals surface area contributed by atoms with Gasteiger partial charge in [-0.15, -0.1) is 0 Å². The number of hydrogen-bond donors (Lipinski definition) is 1. The first-order valence-corrected chi connectivity index (χ1v) is 11.9. The van der Waals surface area contributed by atoms with Crippen molar-refractivity contribution >= 4 is 38.9 Å². The highest BCUT2D eigenvalue weighted by molar-refractivity contribution is 7.92. The van der Waals surface area contributed by atoms with Crippen LogP contribution in [0.5, 0.6) is 5.75 Å². The molecule has 1 N–H and O–H groups in total. The summed E-state index contributed by atoms with van der Waals surface area (Å²) in [6.45, 7) is 2.56. The Kier molecular flexibility index (Phi) is 7.20. The molecule has 0 aliphatic rings. The molecule has 0 heterocycles. The van der Waals surface area contributed by atoms with Crippen LogP contribution in [0.15, 0.2) is 72.8 Å². The van der Waals surface area contributed by atoms with Crippen molar-refractivity contribution in [1.82, 2.24) is 0 Å². The van der Waals surface area contributed by atoms with Gasteiger partial charge >= 0.3 is 0 Å². The van der Waals surface area contributed by atoms with Gasteiger partial charge in [0.1, 0.15) is 5.75 Å². The summed E-state index contributed by atoms with van der Waals surface area (Å²) in [5, 5.41) is 3.28. The number of carbonyl (C=O) groups excluding carboxylic acids is 1. The average Bonchev–Trinajstić information content (AvgIpc) is 2.72. The number of hydrogen-bond acceptors (Lipinski definition) is 4. The molecule has 162 valence electrons. The molecule has 0 radical (unpaired) electrons. The molecule has 0 aliphatic heterocycles. The predicted octanol–water partition coefficient (Wildman–Crippen LogP) is 4.96. The van der Waals surface area contributed by atoms with Crippen molar-refractivity contribution in [3.8, 4) is 5.75 Å². The number of anilines is 2. The van der Waals surface area contributed by atoms with Crippen LogP contribution in [0, 0.1) is 0 Å². The zero-order chi connectivity index (χ0) is 22.4. The minimum Gasteiger partial charge on any atom is -0.494 e. The molecule has 1 amide bonds. The fourth-order valence-electron chi connectivity index (χ4n) is 2.99. The van der Waals surface area contributed by atoms with Gasteiger partial charge in [-0.3, -0.25) is 9.10 Å². The van der Waals surface area contributed by atoms with E-state index in [2.05, 4.69) is 5.32 Å². The molecule has 3 aromatic rings. The Bertz CT molecular complexity index is 1160. The van der Waals surface area contributed by atoms with Crippen molar-refractivity contribution in [2.24, 2.45) is 0 Å². The summed E-state index contributed by atoms with van der Waals surface area (Å²) in [7, 11) is -3.53. The van der Waals surface area contributed by atoms with Gasteiger partial charge in [-0.1, -0.05) is 35.9 Å². The second-order valence-corrected chi connectivity index (χ2v) is 9.20. The monoisotopic (exact) mass is 458 g/mol. The maximum Gasteiger partial charge on any atom is 0.255 e. The third-order valence-electron chi connectivity index (χ3n) is 4.44. The van der Waals surface area contributed by atoms with Crippen molar-refractivity contribution in [3.05, 3.63) is 88.9 Å². The third kappa shape index (κ3) is 6.23. The van der Waals surface area contributed by atoms with Crippen LogP contribution in [-0.2, 0) is 16.6 Å². The van der Waals surface area contributed by atoms with E-state index in [1.807, 2.05) is 13.0 Å². The number of halogens is 1. The molecule has 3 rings (SSSR count). The molecule has 0 aromatic heterocycles. The number of carbonyl (C=O) groups is 1. The van der Waals surface area contributed by atoms with Crippen LogP contribution in [0.25, 0.3) is 0 Å². The van der Waals surface area contributed by atoms with E-state index in [4.69, 9.17) is 16.3 Å². The zero-order valence-corrected chi connectivity index (χ0v) is 18.8. The summed E-state index contributed by atoms with van der Waals surface area (Å²) in [5.74, 6) is 0.410. The number of nitrogens with one attached hydrogen (secondary N) is 1. The molecule has 31 heavy (non-hydrogen) atoms. The molecule has 3 aromatic carbocycles. The molecule has 0 atom stereocenters. The maximum absolute atomic E-state index is 12.6. The lowest BCUT2D eigenvalue weighted by molar-refractivity contribution is 0.102. The Morgan fingerprint density at radius 3 is 2.39 bits per heavy atom. The molecule has 0 saturated carbocycles. The molecule has 0 bridgehead atoms. The van der Waals surface area contributed by atoms with Crippen LogP contribution in [0.4, 0.5) is 11.4 Å². The topological polar surface area (TPSA) is 75.7 Å². The highest BCUT2D eigenvalue weighted by Gasteiger charge is 2.18. The number of sulfonamides is 1. The SMILES string of the molecule is CCOc1cccc(NC(=O)c2ccc(CN(c3cccc(Cl)c3)S(C)(=O)=O)cc2)c1. The van der Waals surface area contributed by atoms with E-state index in [-0.39, 0.29) is 12.5 Å². The molecular formula is C23H23ClN2O4S. The molecule has 0 unspecified atom stereocenters. The van der Waals surface area contributed by atoms with E-state index in [1.165, 1.54) is 4.31 Å². The third-order valence-corrected chi connectivity index (χ3v) is 5.82. The minimum absolute atomic E-state index is 0.122. The first-order chi connectivity index (χ1) is 14.8. The summed E-state index contributed by atoms with van der Waals surface area (Å²) in [4.78, 5) is 12.6. The second-order valence-electron chi connectivity index (χ2n) is 6.86. The summed E-state index contributed by atoms with van der Waals surface area (Å²) >= 11 is 6.02. The van der Waals surface area contributed by atoms with E-state index in [0.29, 0.717) is 34.3 Å². The quantitative estimate of drug-likeness (QED) is 0.517. The van der Waals surface area contributed by atoms with Crippen LogP contribution in [0.1, 0.15) is 22.8 Å². The second kappa shape index (κ2) is 9.85. The Hall–Kier alpha value is -3.03. The van der Waals surface area contributed by atoms with E-state index in [0.717, 1.165) is 11.8 Å². The van der Waals surface area contributed by atoms with Gasteiger partial charge in [0.15, 0.2) is 0 Å². The fourth-order valence-corrected chi connectivity index (χ4v) is 4.06. The standard InChI is InChI=1S/C23H23ClN2O4S/c1-3-30-22-9-5-7-20(15-22)25-23(27)18-12-10-17(11-13-18)16-26(31(2,28)29)21-8-4-6-19(24)14-21/h4-15H,3,16H2,1-2H3,(H,25,27). The normalized spacial score (nSPS) is 11.1. The lowest BCUT2D eigenvalue weighted by Gasteiger charge is -2.22. The van der Waals surface area contributed by atoms with Crippen LogP contribution in [-0.4, -0.2) is 27.2 Å². The van der Waals surface area contributed by atoms with Crippen molar-refractivity contribution in [3.63, 3.8) is 0 Å². The lowest BCUT2D eigenvalue weighted by Crippen LogP contribution is -2.29. The van der Waals surface area contributed by atoms with Crippen molar-refractivity contribution in [1.29, 1.82) is 0 Å². The molecule has 8 heteroatoms. The summed E-state index contributed by atoms with van der Waals surface area (Å²) in [6, 6.07) is 20.6. The van der Waals surface area contributed by atoms with Gasteiger partial charge in [0.25, 0.3) is 5.91 Å². The maximum atomic E-state index is 12.6. The van der Waals surface area contributed by atoms with E-state index in [9.17, 15) is 13.2 Å². The highest BCUT2D eigenvalue weighted by Crippen LogP contribution is 2.24. The summed E-state index contributed by atoms with van der Waals surface area (Å²) in [5.41, 5.74) is 2.30. The number of ether oxygens (including phenoxy) is 1. The van der Waals surface area contributed by atoms with Gasteiger partial charge in [-0.2, -0.15) is 0 Å². The highest BCUT2D eigenvalue weighted by atomic mass is 35.5. The van der Waals surface area contributed by atoms with Crippen molar-refractivity contribution in [2.75, 3.05) is 22.5 Å². The first-order valence-electron chi connectivity index (χ1n) is 9.62. The van der Waals surface area contributed by atoms with Crippen LogP contribution >= 0.6 is 11.6 Å². The Morgan fingerprint density at radius 2 is 1.74 bits per heavy atom. The molecule has 0 spiro atoms.